The Bertz CT molecular complexity index is 1690. The van der Waals surface area contributed by atoms with Crippen molar-refractivity contribution in [1.82, 2.24) is 19.9 Å². The average Bonchev–Trinajstić information content (AvgIpc) is 3.57. The highest BCUT2D eigenvalue weighted by Crippen LogP contribution is 2.44. The Hall–Kier alpha value is -2.93. The molecule has 4 aromatic rings. The van der Waals surface area contributed by atoms with Gasteiger partial charge in [-0.25, -0.2) is 18.2 Å². The molecule has 42 heavy (non-hydrogen) atoms. The highest BCUT2D eigenvalue weighted by Gasteiger charge is 2.49. The molecule has 3 fully saturated rings. The number of nitrogens with zero attached hydrogens (tertiary/aromatic N) is 5. The van der Waals surface area contributed by atoms with Gasteiger partial charge in [-0.3, -0.25) is 4.90 Å². The largest absolute Gasteiger partial charge is 0.461 e. The van der Waals surface area contributed by atoms with Crippen molar-refractivity contribution in [2.75, 3.05) is 43.4 Å². The van der Waals surface area contributed by atoms with Gasteiger partial charge in [0.05, 0.1) is 20.8 Å². The maximum Gasteiger partial charge on any atom is 0.319 e. The van der Waals surface area contributed by atoms with Crippen molar-refractivity contribution in [2.45, 2.75) is 56.3 Å². The number of nitrogen functional groups attached to an aromatic ring is 1. The monoisotopic (exact) mass is 617 g/mol. The van der Waals surface area contributed by atoms with Gasteiger partial charge in [-0.05, 0) is 56.8 Å². The summed E-state index contributed by atoms with van der Waals surface area (Å²) in [7, 11) is 0. The fourth-order valence-electron chi connectivity index (χ4n) is 6.89. The first-order valence-electron chi connectivity index (χ1n) is 14.3. The van der Waals surface area contributed by atoms with Gasteiger partial charge in [0.2, 0.25) is 0 Å². The van der Waals surface area contributed by atoms with Crippen LogP contribution in [0, 0.1) is 11.6 Å². The van der Waals surface area contributed by atoms with Crippen molar-refractivity contribution >= 4 is 55.0 Å². The molecule has 5 heterocycles. The molecule has 4 N–H and O–H groups in total. The predicted octanol–water partition coefficient (Wildman–Crippen LogP) is 5.69. The number of ether oxygens (including phenoxy) is 1. The molecular weight excluding hydrogens is 587 g/mol. The van der Waals surface area contributed by atoms with E-state index >= 15 is 4.39 Å². The van der Waals surface area contributed by atoms with Gasteiger partial charge in [-0.1, -0.05) is 22.9 Å². The number of thiazole rings is 1. The molecule has 0 aliphatic carbocycles. The highest BCUT2D eigenvalue weighted by atomic mass is 35.5. The molecule has 0 unspecified atom stereocenters. The summed E-state index contributed by atoms with van der Waals surface area (Å²) in [5.74, 6) is -0.681. The molecule has 0 amide bonds. The molecule has 7 rings (SSSR count). The molecule has 13 heteroatoms. The Morgan fingerprint density at radius 1 is 1.10 bits per heavy atom. The number of hydrogen-bond acceptors (Lipinski definition) is 9. The fourth-order valence-corrected chi connectivity index (χ4v) is 7.95. The van der Waals surface area contributed by atoms with E-state index in [1.807, 2.05) is 0 Å². The number of aromatic nitrogens is 3. The second kappa shape index (κ2) is 10.7. The molecule has 0 spiro atoms. The lowest BCUT2D eigenvalue weighted by Gasteiger charge is -2.31. The van der Waals surface area contributed by atoms with Crippen LogP contribution in [0.1, 0.15) is 38.5 Å². The number of alkyl halides is 1. The van der Waals surface area contributed by atoms with E-state index in [1.54, 1.807) is 6.07 Å². The zero-order chi connectivity index (χ0) is 29.2. The maximum atomic E-state index is 16.7. The molecule has 0 bridgehead atoms. The Morgan fingerprint density at radius 3 is 2.81 bits per heavy atom. The Balaban J connectivity index is 1.36. The van der Waals surface area contributed by atoms with Crippen molar-refractivity contribution < 1.29 is 17.9 Å². The molecular formula is C29H31ClF3N7OS. The third-order valence-electron chi connectivity index (χ3n) is 8.93. The van der Waals surface area contributed by atoms with Gasteiger partial charge < -0.3 is 21.1 Å². The Morgan fingerprint density at radius 2 is 1.95 bits per heavy atom. The summed E-state index contributed by atoms with van der Waals surface area (Å²) >= 11 is 7.75. The van der Waals surface area contributed by atoms with Crippen LogP contribution in [-0.4, -0.2) is 70.4 Å². The van der Waals surface area contributed by atoms with Gasteiger partial charge in [0.1, 0.15) is 29.9 Å². The van der Waals surface area contributed by atoms with Gasteiger partial charge in [0.25, 0.3) is 0 Å². The van der Waals surface area contributed by atoms with Crippen LogP contribution in [0.15, 0.2) is 18.2 Å². The van der Waals surface area contributed by atoms with Crippen molar-refractivity contribution in [1.29, 1.82) is 0 Å². The summed E-state index contributed by atoms with van der Waals surface area (Å²) in [5, 5.41) is 0.714. The summed E-state index contributed by atoms with van der Waals surface area (Å²) in [5.41, 5.74) is 12.3. The van der Waals surface area contributed by atoms with Crippen LogP contribution in [0.2, 0.25) is 5.02 Å². The van der Waals surface area contributed by atoms with Crippen LogP contribution in [0.25, 0.3) is 32.2 Å². The number of benzene rings is 2. The summed E-state index contributed by atoms with van der Waals surface area (Å²) < 4.78 is 52.0. The quantitative estimate of drug-likeness (QED) is 0.294. The lowest BCUT2D eigenvalue weighted by molar-refractivity contribution is 0.107. The van der Waals surface area contributed by atoms with Crippen LogP contribution < -0.4 is 21.1 Å². The van der Waals surface area contributed by atoms with E-state index in [1.165, 1.54) is 12.1 Å². The third-order valence-corrected chi connectivity index (χ3v) is 10.1. The standard InChI is InChI=1S/C29H31ClF3N7OS/c30-19-11-18-23(22(33)21(19)17-4-5-20(32)25-24(17)36-27(35)42-25)37-28(38-26(18)39-8-1-3-16(34)6-10-39)41-14-29-7-2-9-40(29)13-15(31)12-29/h4-5,11,15-16H,1-3,6-10,12-14,34H2,(H2,35,36)/t15-,16+,29+/m1/s1. The summed E-state index contributed by atoms with van der Waals surface area (Å²) in [6, 6.07) is 4.43. The molecule has 0 saturated carbocycles. The van der Waals surface area contributed by atoms with Crippen molar-refractivity contribution in [3.8, 4) is 17.1 Å². The number of nitrogens with two attached hydrogens (primary N) is 2. The van der Waals surface area contributed by atoms with E-state index in [2.05, 4.69) is 19.8 Å². The van der Waals surface area contributed by atoms with Crippen LogP contribution in [0.4, 0.5) is 24.1 Å². The predicted molar refractivity (Wildman–Crippen MR) is 160 cm³/mol. The topological polar surface area (TPSA) is 106 Å². The molecule has 3 aliphatic heterocycles. The normalized spacial score (nSPS) is 24.9. The molecule has 222 valence electrons. The fraction of sp³-hybridized carbons (Fsp3) is 0.483. The number of fused-ring (bicyclic) bond motifs is 3. The van der Waals surface area contributed by atoms with E-state index in [0.29, 0.717) is 42.8 Å². The van der Waals surface area contributed by atoms with Crippen molar-refractivity contribution in [3.05, 3.63) is 34.9 Å². The molecule has 3 aliphatic rings. The zero-order valence-electron chi connectivity index (χ0n) is 22.9. The molecule has 2 aromatic heterocycles. The SMILES string of the molecule is Nc1nc2c(-c3c(Cl)cc4c(N5CCC[C@H](N)CC5)nc(OC[C@@]56CCCN5C[C@H](F)C6)nc4c3F)ccc(F)c2s1. The van der Waals surface area contributed by atoms with E-state index in [4.69, 9.17) is 32.8 Å². The number of halogens is 4. The van der Waals surface area contributed by atoms with Gasteiger partial charge in [-0.2, -0.15) is 9.97 Å². The summed E-state index contributed by atoms with van der Waals surface area (Å²) in [6.07, 6.45) is 3.76. The summed E-state index contributed by atoms with van der Waals surface area (Å²) in [6.45, 7) is 2.74. The molecule has 3 atom stereocenters. The van der Waals surface area contributed by atoms with Crippen LogP contribution in [0.5, 0.6) is 6.01 Å². The Labute approximate surface area is 249 Å². The molecule has 8 nitrogen and oxygen atoms in total. The second-order valence-electron chi connectivity index (χ2n) is 11.6. The van der Waals surface area contributed by atoms with Crippen molar-refractivity contribution in [2.24, 2.45) is 5.73 Å². The molecule has 2 aromatic carbocycles. The lowest BCUT2D eigenvalue weighted by atomic mass is 9.95. The minimum Gasteiger partial charge on any atom is -0.461 e. The van der Waals surface area contributed by atoms with E-state index in [9.17, 15) is 8.78 Å². The van der Waals surface area contributed by atoms with Gasteiger partial charge >= 0.3 is 6.01 Å². The minimum atomic E-state index is -0.905. The van der Waals surface area contributed by atoms with E-state index in [-0.39, 0.29) is 50.1 Å². The van der Waals surface area contributed by atoms with Gasteiger partial charge in [0.15, 0.2) is 10.9 Å². The van der Waals surface area contributed by atoms with Crippen LogP contribution in [-0.2, 0) is 0 Å². The molecule has 3 saturated heterocycles. The first-order valence-corrected chi connectivity index (χ1v) is 15.5. The number of hydrogen-bond donors (Lipinski definition) is 2. The molecule has 0 radical (unpaired) electrons. The van der Waals surface area contributed by atoms with Crippen LogP contribution >= 0.6 is 22.9 Å². The second-order valence-corrected chi connectivity index (χ2v) is 13.1. The van der Waals surface area contributed by atoms with Crippen molar-refractivity contribution in [3.63, 3.8) is 0 Å². The third kappa shape index (κ3) is 4.72. The lowest BCUT2D eigenvalue weighted by Crippen LogP contribution is -2.43. The number of rotatable bonds is 5. The maximum absolute atomic E-state index is 16.7. The minimum absolute atomic E-state index is 0.0175. The first-order chi connectivity index (χ1) is 20.2. The number of anilines is 2. The smallest absolute Gasteiger partial charge is 0.319 e. The van der Waals surface area contributed by atoms with E-state index in [0.717, 1.165) is 50.0 Å². The van der Waals surface area contributed by atoms with Gasteiger partial charge in [0, 0.05) is 48.6 Å². The zero-order valence-corrected chi connectivity index (χ0v) is 24.5. The average molecular weight is 618 g/mol. The van der Waals surface area contributed by atoms with E-state index < -0.39 is 23.3 Å². The summed E-state index contributed by atoms with van der Waals surface area (Å²) in [4.78, 5) is 17.8. The van der Waals surface area contributed by atoms with Crippen LogP contribution in [0.3, 0.4) is 0 Å². The first kappa shape index (κ1) is 27.9. The highest BCUT2D eigenvalue weighted by molar-refractivity contribution is 7.22. The Kier molecular flexibility index (Phi) is 7.07. The van der Waals surface area contributed by atoms with Gasteiger partial charge in [-0.15, -0.1) is 0 Å².